The second-order valence-corrected chi connectivity index (χ2v) is 6.16. The van der Waals surface area contributed by atoms with E-state index in [-0.39, 0.29) is 5.43 Å². The van der Waals surface area contributed by atoms with Crippen LogP contribution in [0, 0.1) is 0 Å². The molecule has 0 aliphatic rings. The van der Waals surface area contributed by atoms with Gasteiger partial charge in [-0.25, -0.2) is 0 Å². The summed E-state index contributed by atoms with van der Waals surface area (Å²) < 4.78 is 1.73. The van der Waals surface area contributed by atoms with Gasteiger partial charge in [0.05, 0.1) is 23.0 Å². The normalized spacial score (nSPS) is 12.8. The molecule has 0 saturated carbocycles. The minimum atomic E-state index is -1.14. The summed E-state index contributed by atoms with van der Waals surface area (Å²) in [6, 6.07) is 13.4. The van der Waals surface area contributed by atoms with E-state index in [9.17, 15) is 14.7 Å². The van der Waals surface area contributed by atoms with Gasteiger partial charge in [-0.05, 0) is 51.3 Å². The zero-order chi connectivity index (χ0) is 17.3. The Hall–Kier alpha value is -2.66. The second-order valence-electron chi connectivity index (χ2n) is 6.16. The molecule has 3 aromatic rings. The van der Waals surface area contributed by atoms with Gasteiger partial charge in [-0.15, -0.1) is 0 Å². The fourth-order valence-electron chi connectivity index (χ4n) is 3.09. The van der Waals surface area contributed by atoms with E-state index < -0.39 is 12.0 Å². The van der Waals surface area contributed by atoms with Crippen molar-refractivity contribution in [3.63, 3.8) is 0 Å². The van der Waals surface area contributed by atoms with E-state index in [0.29, 0.717) is 34.8 Å². The third-order valence-corrected chi connectivity index (χ3v) is 4.25. The number of carbonyl (C=O) groups is 1. The van der Waals surface area contributed by atoms with Crippen LogP contribution in [0.25, 0.3) is 21.8 Å². The van der Waals surface area contributed by atoms with Gasteiger partial charge in [0.2, 0.25) is 0 Å². The largest absolute Gasteiger partial charge is 0.548 e. The van der Waals surface area contributed by atoms with E-state index in [4.69, 9.17) is 0 Å². The highest BCUT2D eigenvalue weighted by Crippen LogP contribution is 2.25. The molecule has 0 saturated heterocycles. The van der Waals surface area contributed by atoms with Crippen LogP contribution in [0.3, 0.4) is 0 Å². The van der Waals surface area contributed by atoms with Gasteiger partial charge in [-0.3, -0.25) is 4.79 Å². The van der Waals surface area contributed by atoms with E-state index in [1.54, 1.807) is 41.0 Å². The number of carboxylic acid groups (broad SMARTS) is 1. The number of carbonyl (C=O) groups excluding carboxylic acids is 1. The van der Waals surface area contributed by atoms with Crippen LogP contribution in [-0.4, -0.2) is 36.1 Å². The predicted octanol–water partition coefficient (Wildman–Crippen LogP) is 1.40. The lowest BCUT2D eigenvalue weighted by molar-refractivity contribution is -0.310. The number of carboxylic acids is 1. The molecule has 0 N–H and O–H groups in total. The number of hydrogen-bond donors (Lipinski definition) is 0. The maximum Gasteiger partial charge on any atom is 0.197 e. The minimum absolute atomic E-state index is 0.0813. The molecule has 1 atom stereocenters. The molecule has 0 spiro atoms. The first-order valence-electron chi connectivity index (χ1n) is 7.88. The second kappa shape index (κ2) is 6.45. The van der Waals surface area contributed by atoms with Gasteiger partial charge in [0, 0.05) is 10.8 Å². The van der Waals surface area contributed by atoms with Gasteiger partial charge in [-0.1, -0.05) is 24.3 Å². The Morgan fingerprint density at radius 2 is 1.54 bits per heavy atom. The average molecular weight is 323 g/mol. The molecule has 3 rings (SSSR count). The van der Waals surface area contributed by atoms with Crippen molar-refractivity contribution in [1.82, 2.24) is 9.47 Å². The molecule has 5 nitrogen and oxygen atoms in total. The molecule has 0 radical (unpaired) electrons. The van der Waals surface area contributed by atoms with Crippen molar-refractivity contribution in [3.8, 4) is 0 Å². The fraction of sp³-hybridized carbons (Fsp3) is 0.263. The number of benzene rings is 2. The first kappa shape index (κ1) is 16.2. The summed E-state index contributed by atoms with van der Waals surface area (Å²) in [4.78, 5) is 26.5. The van der Waals surface area contributed by atoms with Gasteiger partial charge >= 0.3 is 0 Å². The van der Waals surface area contributed by atoms with Gasteiger partial charge < -0.3 is 19.4 Å². The van der Waals surface area contributed by atoms with Crippen LogP contribution in [0.4, 0.5) is 0 Å². The minimum Gasteiger partial charge on any atom is -0.548 e. The van der Waals surface area contributed by atoms with Crippen LogP contribution in [0.1, 0.15) is 12.5 Å². The summed E-state index contributed by atoms with van der Waals surface area (Å²) in [5.41, 5.74) is 1.16. The number of hydrogen-bond acceptors (Lipinski definition) is 4. The summed E-state index contributed by atoms with van der Waals surface area (Å²) in [5.74, 6) is -1.14. The molecule has 0 bridgehead atoms. The lowest BCUT2D eigenvalue weighted by atomic mass is 10.1. The van der Waals surface area contributed by atoms with Crippen LogP contribution in [0.5, 0.6) is 0 Å². The number of pyridine rings is 1. The molecule has 0 fully saturated rings. The SMILES string of the molecule is CN(C)CCC(C(=O)[O-])n1c2ccccc2c(=O)c2ccccc21. The first-order valence-corrected chi connectivity index (χ1v) is 7.88. The van der Waals surface area contributed by atoms with Crippen molar-refractivity contribution >= 4 is 27.8 Å². The Morgan fingerprint density at radius 1 is 1.04 bits per heavy atom. The number of nitrogens with zero attached hydrogens (tertiary/aromatic N) is 2. The molecular formula is C19H19N2O3-. The Bertz CT molecular complexity index is 900. The van der Waals surface area contributed by atoms with Gasteiger partial charge in [0.15, 0.2) is 5.43 Å². The smallest absolute Gasteiger partial charge is 0.197 e. The standard InChI is InChI=1S/C19H20N2O3/c1-20(2)12-11-17(19(23)24)21-15-9-5-3-7-13(15)18(22)14-8-4-6-10-16(14)21/h3-10,17H,11-12H2,1-2H3,(H,23,24)/p-1. The third kappa shape index (κ3) is 2.78. The summed E-state index contributed by atoms with van der Waals surface area (Å²) in [5, 5.41) is 12.9. The van der Waals surface area contributed by atoms with Gasteiger partial charge in [0.25, 0.3) is 0 Å². The quantitative estimate of drug-likeness (QED) is 0.666. The zero-order valence-electron chi connectivity index (χ0n) is 13.7. The Kier molecular flexibility index (Phi) is 4.36. The highest BCUT2D eigenvalue weighted by molar-refractivity contribution is 5.95. The van der Waals surface area contributed by atoms with Gasteiger partial charge in [-0.2, -0.15) is 0 Å². The van der Waals surface area contributed by atoms with Gasteiger partial charge in [0.1, 0.15) is 0 Å². The Labute approximate surface area is 139 Å². The summed E-state index contributed by atoms with van der Waals surface area (Å²) in [6.07, 6.45) is 0.395. The molecule has 1 unspecified atom stereocenters. The Morgan fingerprint density at radius 3 is 2.00 bits per heavy atom. The number of aliphatic carboxylic acids is 1. The molecule has 5 heteroatoms. The van der Waals surface area contributed by atoms with Crippen molar-refractivity contribution in [3.05, 3.63) is 58.8 Å². The first-order chi connectivity index (χ1) is 11.5. The molecule has 0 amide bonds. The van der Waals surface area contributed by atoms with E-state index in [2.05, 4.69) is 0 Å². The molecule has 1 heterocycles. The van der Waals surface area contributed by atoms with E-state index in [1.807, 2.05) is 31.1 Å². The van der Waals surface area contributed by atoms with Crippen molar-refractivity contribution in [2.45, 2.75) is 12.5 Å². The lowest BCUT2D eigenvalue weighted by Gasteiger charge is -2.27. The fourth-order valence-corrected chi connectivity index (χ4v) is 3.09. The van der Waals surface area contributed by atoms with E-state index in [0.717, 1.165) is 0 Å². The third-order valence-electron chi connectivity index (χ3n) is 4.25. The van der Waals surface area contributed by atoms with Crippen molar-refractivity contribution in [2.75, 3.05) is 20.6 Å². The molecule has 0 aliphatic heterocycles. The summed E-state index contributed by atoms with van der Waals surface area (Å²) in [6.45, 7) is 0.605. The maximum absolute atomic E-state index is 12.7. The van der Waals surface area contributed by atoms with Crippen LogP contribution < -0.4 is 10.5 Å². The monoisotopic (exact) mass is 323 g/mol. The molecule has 0 aliphatic carbocycles. The molecule has 24 heavy (non-hydrogen) atoms. The number of rotatable bonds is 5. The molecule has 2 aromatic carbocycles. The van der Waals surface area contributed by atoms with Crippen molar-refractivity contribution in [1.29, 1.82) is 0 Å². The molecule has 124 valence electrons. The molecular weight excluding hydrogens is 304 g/mol. The summed E-state index contributed by atoms with van der Waals surface area (Å²) in [7, 11) is 3.79. The topological polar surface area (TPSA) is 65.4 Å². The number of para-hydroxylation sites is 2. The van der Waals surface area contributed by atoms with Crippen LogP contribution in [0.15, 0.2) is 53.3 Å². The highest BCUT2D eigenvalue weighted by atomic mass is 16.4. The summed E-state index contributed by atoms with van der Waals surface area (Å²) >= 11 is 0. The van der Waals surface area contributed by atoms with Crippen LogP contribution in [-0.2, 0) is 4.79 Å². The number of fused-ring (bicyclic) bond motifs is 2. The van der Waals surface area contributed by atoms with E-state index in [1.165, 1.54) is 0 Å². The lowest BCUT2D eigenvalue weighted by Crippen LogP contribution is -2.36. The van der Waals surface area contributed by atoms with Crippen LogP contribution >= 0.6 is 0 Å². The van der Waals surface area contributed by atoms with E-state index >= 15 is 0 Å². The van der Waals surface area contributed by atoms with Crippen LogP contribution in [0.2, 0.25) is 0 Å². The molecule has 1 aromatic heterocycles. The average Bonchev–Trinajstić information content (AvgIpc) is 2.57. The number of aromatic nitrogens is 1. The highest BCUT2D eigenvalue weighted by Gasteiger charge is 2.18. The van der Waals surface area contributed by atoms with Crippen molar-refractivity contribution in [2.24, 2.45) is 0 Å². The maximum atomic E-state index is 12.7. The van der Waals surface area contributed by atoms with Crippen molar-refractivity contribution < 1.29 is 9.90 Å². The Balaban J connectivity index is 2.36. The predicted molar refractivity (Wildman–Crippen MR) is 92.9 cm³/mol. The zero-order valence-corrected chi connectivity index (χ0v) is 13.7.